The zero-order chi connectivity index (χ0) is 28.9. The average molecular weight is 569 g/mol. The second kappa shape index (κ2) is 12.7. The fourth-order valence-corrected chi connectivity index (χ4v) is 6.18. The highest BCUT2D eigenvalue weighted by Crippen LogP contribution is 2.37. The van der Waals surface area contributed by atoms with Crippen LogP contribution in [0.25, 0.3) is 17.2 Å². The van der Waals surface area contributed by atoms with Gasteiger partial charge in [-0.1, -0.05) is 30.3 Å². The van der Waals surface area contributed by atoms with E-state index in [4.69, 9.17) is 18.9 Å². The van der Waals surface area contributed by atoms with E-state index >= 15 is 0 Å². The Hall–Kier alpha value is -3.65. The fourth-order valence-electron chi connectivity index (χ4n) is 6.18. The lowest BCUT2D eigenvalue weighted by Gasteiger charge is -2.39. The lowest BCUT2D eigenvalue weighted by Crippen LogP contribution is -2.42. The van der Waals surface area contributed by atoms with Gasteiger partial charge in [-0.15, -0.1) is 0 Å². The van der Waals surface area contributed by atoms with Gasteiger partial charge in [0.1, 0.15) is 11.5 Å². The largest absolute Gasteiger partial charge is 0.494 e. The summed E-state index contributed by atoms with van der Waals surface area (Å²) < 4.78 is 23.3. The van der Waals surface area contributed by atoms with Crippen molar-refractivity contribution in [2.24, 2.45) is 0 Å². The number of hydrogen-bond donors (Lipinski definition) is 1. The minimum Gasteiger partial charge on any atom is -0.494 e. The molecule has 7 nitrogen and oxygen atoms in total. The van der Waals surface area contributed by atoms with Gasteiger partial charge >= 0.3 is 0 Å². The molecule has 7 heteroatoms. The molecule has 0 atom stereocenters. The van der Waals surface area contributed by atoms with E-state index in [1.807, 2.05) is 55.5 Å². The van der Waals surface area contributed by atoms with E-state index in [1.54, 1.807) is 0 Å². The number of rotatable bonds is 8. The third kappa shape index (κ3) is 6.54. The lowest BCUT2D eigenvalue weighted by molar-refractivity contribution is -0.183. The van der Waals surface area contributed by atoms with Crippen molar-refractivity contribution in [3.8, 4) is 22.6 Å². The van der Waals surface area contributed by atoms with Crippen LogP contribution in [0.2, 0.25) is 0 Å². The Bertz CT molecular complexity index is 1400. The minimum absolute atomic E-state index is 0.102. The first-order valence-electron chi connectivity index (χ1n) is 15.1. The van der Waals surface area contributed by atoms with Crippen LogP contribution in [0.5, 0.6) is 11.5 Å². The molecular formula is C35H40N2O5. The van der Waals surface area contributed by atoms with Crippen LogP contribution in [0.1, 0.15) is 50.2 Å². The van der Waals surface area contributed by atoms with Crippen molar-refractivity contribution in [3.63, 3.8) is 0 Å². The van der Waals surface area contributed by atoms with Crippen LogP contribution >= 0.6 is 0 Å². The van der Waals surface area contributed by atoms with Crippen molar-refractivity contribution in [2.45, 2.75) is 57.4 Å². The molecule has 1 aliphatic carbocycles. The van der Waals surface area contributed by atoms with Crippen molar-refractivity contribution in [1.29, 1.82) is 0 Å². The third-order valence-corrected chi connectivity index (χ3v) is 8.56. The van der Waals surface area contributed by atoms with E-state index < -0.39 is 0 Å². The first-order chi connectivity index (χ1) is 20.5. The number of nitrogens with one attached hydrogen (secondary N) is 1. The van der Waals surface area contributed by atoms with Crippen molar-refractivity contribution >= 4 is 17.7 Å². The Kier molecular flexibility index (Phi) is 8.60. The van der Waals surface area contributed by atoms with Crippen LogP contribution in [-0.2, 0) is 20.8 Å². The Morgan fingerprint density at radius 2 is 1.67 bits per heavy atom. The maximum atomic E-state index is 13.3. The Balaban J connectivity index is 1.07. The number of hydrogen-bond acceptors (Lipinski definition) is 6. The molecule has 1 amide bonds. The van der Waals surface area contributed by atoms with Crippen molar-refractivity contribution in [2.75, 3.05) is 38.8 Å². The van der Waals surface area contributed by atoms with Gasteiger partial charge in [0.25, 0.3) is 5.91 Å². The molecule has 1 spiro atoms. The van der Waals surface area contributed by atoms with Gasteiger partial charge in [-0.2, -0.15) is 0 Å². The summed E-state index contributed by atoms with van der Waals surface area (Å²) >= 11 is 0. The number of nitrogens with zero attached hydrogens (tertiary/aromatic N) is 1. The third-order valence-electron chi connectivity index (χ3n) is 8.56. The summed E-state index contributed by atoms with van der Waals surface area (Å²) in [6.07, 6.45) is 6.57. The van der Waals surface area contributed by atoms with Crippen molar-refractivity contribution < 1.29 is 23.7 Å². The van der Waals surface area contributed by atoms with E-state index in [-0.39, 0.29) is 11.7 Å². The van der Waals surface area contributed by atoms with Crippen molar-refractivity contribution in [1.82, 2.24) is 4.90 Å². The molecule has 2 fully saturated rings. The number of carbonyl (C=O) groups is 1. The monoisotopic (exact) mass is 568 g/mol. The number of anilines is 1. The molecular weight excluding hydrogens is 528 g/mol. The summed E-state index contributed by atoms with van der Waals surface area (Å²) in [5.41, 5.74) is 5.76. The molecule has 42 heavy (non-hydrogen) atoms. The topological polar surface area (TPSA) is 69.3 Å². The number of benzene rings is 3. The average Bonchev–Trinajstić information content (AvgIpc) is 3.35. The number of amides is 1. The van der Waals surface area contributed by atoms with Gasteiger partial charge in [-0.25, -0.2) is 0 Å². The fraction of sp³-hybridized carbons (Fsp3) is 0.400. The molecule has 0 aromatic heterocycles. The van der Waals surface area contributed by atoms with E-state index in [2.05, 4.69) is 41.5 Å². The predicted molar refractivity (Wildman–Crippen MR) is 165 cm³/mol. The lowest BCUT2D eigenvalue weighted by atomic mass is 9.89. The molecule has 3 aromatic rings. The zero-order valence-electron chi connectivity index (χ0n) is 24.6. The van der Waals surface area contributed by atoms with Gasteiger partial charge in [0.2, 0.25) is 0 Å². The molecule has 1 saturated heterocycles. The standard InChI is InChI=1S/C35H40N2O5/c1-3-39-32-11-6-26(7-12-32)27-8-13-33-29(22-27)23-28(16-19-40-33)34(38)36-30-9-4-25(5-10-30)24-37(2)31-14-17-35(18-15-31)41-20-21-42-35/h4-13,22-23,31H,3,14-21,24H2,1-2H3,(H,36,38). The van der Waals surface area contributed by atoms with Gasteiger partial charge < -0.3 is 24.3 Å². The Morgan fingerprint density at radius 1 is 0.952 bits per heavy atom. The summed E-state index contributed by atoms with van der Waals surface area (Å²) in [5.74, 6) is 1.22. The smallest absolute Gasteiger partial charge is 0.251 e. The molecule has 220 valence electrons. The molecule has 3 aromatic carbocycles. The molecule has 3 aliphatic rings. The van der Waals surface area contributed by atoms with Crippen molar-refractivity contribution in [3.05, 3.63) is 83.4 Å². The number of carbonyl (C=O) groups excluding carboxylic acids is 1. The Morgan fingerprint density at radius 3 is 2.38 bits per heavy atom. The predicted octanol–water partition coefficient (Wildman–Crippen LogP) is 6.67. The molecule has 0 bridgehead atoms. The quantitative estimate of drug-likeness (QED) is 0.327. The zero-order valence-corrected chi connectivity index (χ0v) is 24.6. The van der Waals surface area contributed by atoms with Crippen LogP contribution < -0.4 is 14.8 Å². The van der Waals surface area contributed by atoms with Gasteiger partial charge in [-0.05, 0) is 86.0 Å². The highest BCUT2D eigenvalue weighted by Gasteiger charge is 2.41. The molecule has 1 N–H and O–H groups in total. The molecule has 1 saturated carbocycles. The normalized spacial score (nSPS) is 18.2. The molecule has 0 radical (unpaired) electrons. The first-order valence-corrected chi connectivity index (χ1v) is 15.1. The van der Waals surface area contributed by atoms with Gasteiger partial charge in [0, 0.05) is 48.7 Å². The summed E-state index contributed by atoms with van der Waals surface area (Å²) in [7, 11) is 2.19. The van der Waals surface area contributed by atoms with Crippen LogP contribution in [-0.4, -0.2) is 56.1 Å². The van der Waals surface area contributed by atoms with Crippen LogP contribution in [0.4, 0.5) is 5.69 Å². The highest BCUT2D eigenvalue weighted by molar-refractivity contribution is 6.07. The van der Waals surface area contributed by atoms with E-state index in [0.29, 0.717) is 44.5 Å². The maximum Gasteiger partial charge on any atom is 0.251 e. The van der Waals surface area contributed by atoms with Crippen LogP contribution in [0.15, 0.2) is 72.3 Å². The summed E-state index contributed by atoms with van der Waals surface area (Å²) in [6.45, 7) is 5.37. The SMILES string of the molecule is CCOc1ccc(-c2ccc3c(c2)C=C(C(=O)Nc2ccc(CN(C)C4CCC5(CC4)OCCO5)cc2)CCO3)cc1. The molecule has 6 rings (SSSR count). The summed E-state index contributed by atoms with van der Waals surface area (Å²) in [6, 6.07) is 22.9. The minimum atomic E-state index is -0.323. The molecule has 0 unspecified atom stereocenters. The van der Waals surface area contributed by atoms with Gasteiger partial charge in [-0.3, -0.25) is 9.69 Å². The van der Waals surface area contributed by atoms with Gasteiger partial charge in [0.15, 0.2) is 5.79 Å². The van der Waals surface area contributed by atoms with E-state index in [9.17, 15) is 4.79 Å². The second-order valence-electron chi connectivity index (χ2n) is 11.4. The highest BCUT2D eigenvalue weighted by atomic mass is 16.7. The van der Waals surface area contributed by atoms with E-state index in [0.717, 1.165) is 66.1 Å². The molecule has 2 aliphatic heterocycles. The summed E-state index contributed by atoms with van der Waals surface area (Å²) in [4.78, 5) is 15.7. The maximum absolute atomic E-state index is 13.3. The molecule has 2 heterocycles. The summed E-state index contributed by atoms with van der Waals surface area (Å²) in [5, 5.41) is 3.09. The van der Waals surface area contributed by atoms with Crippen LogP contribution in [0.3, 0.4) is 0 Å². The Labute approximate surface area is 248 Å². The number of ether oxygens (including phenoxy) is 4. The second-order valence-corrected chi connectivity index (χ2v) is 11.4. The van der Waals surface area contributed by atoms with Gasteiger partial charge in [0.05, 0.1) is 26.4 Å². The number of fused-ring (bicyclic) bond motifs is 1. The first kappa shape index (κ1) is 28.5. The van der Waals surface area contributed by atoms with Crippen LogP contribution in [0, 0.1) is 0 Å². The van der Waals surface area contributed by atoms with E-state index in [1.165, 1.54) is 5.56 Å².